The van der Waals surface area contributed by atoms with Gasteiger partial charge in [-0.05, 0) is 19.1 Å². The van der Waals surface area contributed by atoms with Crippen LogP contribution in [0.15, 0.2) is 36.4 Å². The zero-order valence-electron chi connectivity index (χ0n) is 14.0. The molecule has 0 atom stereocenters. The van der Waals surface area contributed by atoms with Crippen molar-refractivity contribution in [2.45, 2.75) is 13.1 Å². The first kappa shape index (κ1) is 19.9. The van der Waals surface area contributed by atoms with Gasteiger partial charge in [-0.1, -0.05) is 12.1 Å². The second-order valence-corrected chi connectivity index (χ2v) is 6.90. The SMILES string of the molecule is Cc1sc(C(F)(F)F)nc1-c1ccc(NC(=O)c2c(F)cc(F)cc2F)cc1. The fraction of sp³-hybridized carbons (Fsp3) is 0.111. The number of hydrogen-bond acceptors (Lipinski definition) is 3. The van der Waals surface area contributed by atoms with Gasteiger partial charge in [0.1, 0.15) is 23.0 Å². The van der Waals surface area contributed by atoms with Gasteiger partial charge in [0.15, 0.2) is 5.01 Å². The van der Waals surface area contributed by atoms with Crippen LogP contribution >= 0.6 is 11.3 Å². The second kappa shape index (κ2) is 7.27. The Morgan fingerprint density at radius 1 is 1.04 bits per heavy atom. The number of hydrogen-bond donors (Lipinski definition) is 1. The molecule has 0 aliphatic heterocycles. The van der Waals surface area contributed by atoms with E-state index in [1.165, 1.54) is 31.2 Å². The number of nitrogens with one attached hydrogen (secondary N) is 1. The van der Waals surface area contributed by atoms with Crippen LogP contribution in [0, 0.1) is 24.4 Å². The molecule has 0 spiro atoms. The highest BCUT2D eigenvalue weighted by Gasteiger charge is 2.35. The number of rotatable bonds is 3. The molecule has 1 amide bonds. The standard InChI is InChI=1S/C18H10F6N2OS/c1-8-15(26-17(28-8)18(22,23)24)9-2-4-11(5-3-9)25-16(27)14-12(20)6-10(19)7-13(14)21/h2-7H,1H3,(H,25,27). The first-order valence-electron chi connectivity index (χ1n) is 7.67. The largest absolute Gasteiger partial charge is 0.443 e. The molecular formula is C18H10F6N2OS. The summed E-state index contributed by atoms with van der Waals surface area (Å²) in [6.45, 7) is 1.50. The van der Waals surface area contributed by atoms with Crippen molar-refractivity contribution in [1.29, 1.82) is 0 Å². The average Bonchev–Trinajstić information content (AvgIpc) is 2.96. The molecule has 2 aromatic carbocycles. The van der Waals surface area contributed by atoms with Crippen molar-refractivity contribution in [1.82, 2.24) is 4.98 Å². The van der Waals surface area contributed by atoms with E-state index in [1.807, 2.05) is 0 Å². The summed E-state index contributed by atoms with van der Waals surface area (Å²) in [7, 11) is 0. The molecule has 0 radical (unpaired) electrons. The quantitative estimate of drug-likeness (QED) is 0.548. The van der Waals surface area contributed by atoms with E-state index >= 15 is 0 Å². The molecule has 0 aliphatic carbocycles. The molecular weight excluding hydrogens is 406 g/mol. The van der Waals surface area contributed by atoms with Gasteiger partial charge in [-0.2, -0.15) is 13.2 Å². The van der Waals surface area contributed by atoms with Gasteiger partial charge in [-0.15, -0.1) is 11.3 Å². The number of thiazole rings is 1. The minimum absolute atomic E-state index is 0.140. The number of carbonyl (C=O) groups excluding carboxylic acids is 1. The Labute approximate surface area is 158 Å². The van der Waals surface area contributed by atoms with Crippen LogP contribution in [0.25, 0.3) is 11.3 Å². The van der Waals surface area contributed by atoms with Crippen molar-refractivity contribution in [2.75, 3.05) is 5.32 Å². The van der Waals surface area contributed by atoms with E-state index in [2.05, 4.69) is 10.3 Å². The Balaban J connectivity index is 1.82. The number of anilines is 1. The zero-order chi connectivity index (χ0) is 20.6. The molecule has 146 valence electrons. The van der Waals surface area contributed by atoms with E-state index in [0.29, 0.717) is 33.9 Å². The summed E-state index contributed by atoms with van der Waals surface area (Å²) >= 11 is 0.513. The van der Waals surface area contributed by atoms with Gasteiger partial charge < -0.3 is 5.32 Å². The number of alkyl halides is 3. The number of aromatic nitrogens is 1. The van der Waals surface area contributed by atoms with E-state index in [4.69, 9.17) is 0 Å². The van der Waals surface area contributed by atoms with Gasteiger partial charge in [0, 0.05) is 28.3 Å². The maximum atomic E-state index is 13.7. The molecule has 0 bridgehead atoms. The Morgan fingerprint density at radius 2 is 1.61 bits per heavy atom. The number of halogens is 6. The lowest BCUT2D eigenvalue weighted by atomic mass is 10.1. The predicted octanol–water partition coefficient (Wildman–Crippen LogP) is 5.81. The van der Waals surface area contributed by atoms with Gasteiger partial charge in [0.2, 0.25) is 0 Å². The zero-order valence-corrected chi connectivity index (χ0v) is 14.8. The molecule has 0 saturated heterocycles. The van der Waals surface area contributed by atoms with E-state index < -0.39 is 40.1 Å². The molecule has 10 heteroatoms. The molecule has 1 N–H and O–H groups in total. The molecule has 3 aromatic rings. The van der Waals surface area contributed by atoms with Crippen LogP contribution in [-0.2, 0) is 6.18 Å². The third-order valence-corrected chi connectivity index (χ3v) is 4.70. The minimum Gasteiger partial charge on any atom is -0.322 e. The maximum Gasteiger partial charge on any atom is 0.443 e. The highest BCUT2D eigenvalue weighted by atomic mass is 32.1. The molecule has 3 rings (SSSR count). The van der Waals surface area contributed by atoms with Crippen LogP contribution < -0.4 is 5.32 Å². The van der Waals surface area contributed by atoms with Crippen LogP contribution in [0.4, 0.5) is 32.0 Å². The highest BCUT2D eigenvalue weighted by molar-refractivity contribution is 7.12. The van der Waals surface area contributed by atoms with Gasteiger partial charge in [0.25, 0.3) is 5.91 Å². The van der Waals surface area contributed by atoms with Gasteiger partial charge >= 0.3 is 6.18 Å². The van der Waals surface area contributed by atoms with Crippen molar-refractivity contribution in [3.8, 4) is 11.3 Å². The highest BCUT2D eigenvalue weighted by Crippen LogP contribution is 2.37. The third-order valence-electron chi connectivity index (χ3n) is 3.69. The third kappa shape index (κ3) is 4.01. The summed E-state index contributed by atoms with van der Waals surface area (Å²) in [5.41, 5.74) is -0.288. The van der Waals surface area contributed by atoms with E-state index in [0.717, 1.165) is 0 Å². The predicted molar refractivity (Wildman–Crippen MR) is 91.6 cm³/mol. The van der Waals surface area contributed by atoms with Gasteiger partial charge in [-0.3, -0.25) is 4.79 Å². The van der Waals surface area contributed by atoms with E-state index in [1.54, 1.807) is 0 Å². The lowest BCUT2D eigenvalue weighted by molar-refractivity contribution is -0.137. The molecule has 1 heterocycles. The summed E-state index contributed by atoms with van der Waals surface area (Å²) in [5.74, 6) is -5.01. The number of aryl methyl sites for hydroxylation is 1. The fourth-order valence-corrected chi connectivity index (χ4v) is 3.25. The summed E-state index contributed by atoms with van der Waals surface area (Å²) in [6.07, 6.45) is -4.55. The van der Waals surface area contributed by atoms with Gasteiger partial charge in [0.05, 0.1) is 5.69 Å². The lowest BCUT2D eigenvalue weighted by Crippen LogP contribution is -2.16. The summed E-state index contributed by atoms with van der Waals surface area (Å²) in [4.78, 5) is 16.0. The smallest absolute Gasteiger partial charge is 0.322 e. The topological polar surface area (TPSA) is 42.0 Å². The molecule has 0 saturated carbocycles. The first-order chi connectivity index (χ1) is 13.1. The van der Waals surface area contributed by atoms with Crippen LogP contribution in [-0.4, -0.2) is 10.9 Å². The van der Waals surface area contributed by atoms with Crippen molar-refractivity contribution >= 4 is 22.9 Å². The van der Waals surface area contributed by atoms with Crippen molar-refractivity contribution in [3.05, 3.63) is 69.3 Å². The van der Waals surface area contributed by atoms with Crippen LogP contribution in [0.3, 0.4) is 0 Å². The lowest BCUT2D eigenvalue weighted by Gasteiger charge is -2.08. The van der Waals surface area contributed by atoms with Crippen LogP contribution in [0.5, 0.6) is 0 Å². The van der Waals surface area contributed by atoms with Crippen molar-refractivity contribution in [2.24, 2.45) is 0 Å². The molecule has 0 fully saturated rings. The van der Waals surface area contributed by atoms with Crippen molar-refractivity contribution in [3.63, 3.8) is 0 Å². The second-order valence-electron chi connectivity index (χ2n) is 5.70. The Bertz CT molecular complexity index is 1020. The Morgan fingerprint density at radius 3 is 2.11 bits per heavy atom. The number of carbonyl (C=O) groups is 1. The van der Waals surface area contributed by atoms with E-state index in [9.17, 15) is 31.1 Å². The minimum atomic E-state index is -4.55. The number of nitrogens with zero attached hydrogens (tertiary/aromatic N) is 1. The fourth-order valence-electron chi connectivity index (χ4n) is 2.45. The number of amides is 1. The number of benzene rings is 2. The Hall–Kier alpha value is -2.88. The normalized spacial score (nSPS) is 11.5. The molecule has 1 aromatic heterocycles. The Kier molecular flexibility index (Phi) is 5.16. The van der Waals surface area contributed by atoms with Gasteiger partial charge in [-0.25, -0.2) is 18.2 Å². The molecule has 0 unspecified atom stereocenters. The summed E-state index contributed by atoms with van der Waals surface area (Å²) < 4.78 is 78.5. The summed E-state index contributed by atoms with van der Waals surface area (Å²) in [6, 6.07) is 6.27. The first-order valence-corrected chi connectivity index (χ1v) is 8.49. The van der Waals surface area contributed by atoms with E-state index in [-0.39, 0.29) is 11.4 Å². The van der Waals surface area contributed by atoms with Crippen molar-refractivity contribution < 1.29 is 31.1 Å². The van der Waals surface area contributed by atoms with Crippen LogP contribution in [0.2, 0.25) is 0 Å². The molecule has 3 nitrogen and oxygen atoms in total. The maximum absolute atomic E-state index is 13.7. The molecule has 28 heavy (non-hydrogen) atoms. The summed E-state index contributed by atoms with van der Waals surface area (Å²) in [5, 5.41) is 1.27. The monoisotopic (exact) mass is 416 g/mol. The molecule has 0 aliphatic rings. The average molecular weight is 416 g/mol. The van der Waals surface area contributed by atoms with Crippen LogP contribution in [0.1, 0.15) is 20.2 Å².